The van der Waals surface area contributed by atoms with Crippen molar-refractivity contribution in [1.29, 1.82) is 5.26 Å². The predicted molar refractivity (Wildman–Crippen MR) is 82.2 cm³/mol. The van der Waals surface area contributed by atoms with Crippen molar-refractivity contribution >= 4 is 0 Å². The molecule has 2 aliphatic carbocycles. The lowest BCUT2D eigenvalue weighted by Gasteiger charge is -2.40. The molecule has 20 heavy (non-hydrogen) atoms. The maximum absolute atomic E-state index is 9.43. The fourth-order valence-corrected chi connectivity index (χ4v) is 4.59. The minimum Gasteiger partial charge on any atom is -0.383 e. The minimum atomic E-state index is -0.176. The molecule has 0 aromatic carbocycles. The molecule has 0 radical (unpaired) electrons. The minimum absolute atomic E-state index is 0.176. The maximum atomic E-state index is 9.43. The van der Waals surface area contributed by atoms with Crippen LogP contribution in [0.3, 0.4) is 0 Å². The lowest BCUT2D eigenvalue weighted by molar-refractivity contribution is 0.0556. The monoisotopic (exact) mass is 277 g/mol. The number of hydrogen-bond acceptors (Lipinski definition) is 2. The van der Waals surface area contributed by atoms with Gasteiger partial charge in [0, 0.05) is 7.11 Å². The van der Waals surface area contributed by atoms with Gasteiger partial charge in [-0.1, -0.05) is 32.6 Å². The summed E-state index contributed by atoms with van der Waals surface area (Å²) in [7, 11) is 1.72. The zero-order valence-corrected chi connectivity index (χ0v) is 13.4. The Hall–Kier alpha value is -0.550. The second-order valence-electron chi connectivity index (χ2n) is 7.23. The highest BCUT2D eigenvalue weighted by atomic mass is 16.5. The van der Waals surface area contributed by atoms with Gasteiger partial charge < -0.3 is 4.74 Å². The van der Waals surface area contributed by atoms with E-state index in [0.29, 0.717) is 6.61 Å². The maximum Gasteiger partial charge on any atom is 0.0807 e. The highest BCUT2D eigenvalue weighted by Crippen LogP contribution is 2.45. The van der Waals surface area contributed by atoms with E-state index in [1.807, 2.05) is 0 Å². The standard InChI is InChI=1S/C18H31NO/c1-3-4-15-5-7-16(8-6-15)17-9-11-18(13-19,12-10-17)14-20-2/h15-17H,3-12,14H2,1-2H3/t15?,16?,17-,18-. The van der Waals surface area contributed by atoms with Crippen LogP contribution in [0.1, 0.15) is 71.1 Å². The molecule has 2 aliphatic rings. The molecule has 0 aromatic rings. The van der Waals surface area contributed by atoms with Crippen LogP contribution in [0.4, 0.5) is 0 Å². The average molecular weight is 277 g/mol. The van der Waals surface area contributed by atoms with E-state index in [1.54, 1.807) is 7.11 Å². The number of methoxy groups -OCH3 is 1. The van der Waals surface area contributed by atoms with E-state index >= 15 is 0 Å². The summed E-state index contributed by atoms with van der Waals surface area (Å²) in [6.45, 7) is 2.93. The second-order valence-corrected chi connectivity index (χ2v) is 7.23. The van der Waals surface area contributed by atoms with Crippen molar-refractivity contribution in [3.05, 3.63) is 0 Å². The van der Waals surface area contributed by atoms with Gasteiger partial charge in [-0.15, -0.1) is 0 Å². The van der Waals surface area contributed by atoms with Gasteiger partial charge in [-0.2, -0.15) is 5.26 Å². The van der Waals surface area contributed by atoms with E-state index in [9.17, 15) is 5.26 Å². The normalized spacial score (nSPS) is 38.4. The topological polar surface area (TPSA) is 33.0 Å². The lowest BCUT2D eigenvalue weighted by Crippen LogP contribution is -2.33. The summed E-state index contributed by atoms with van der Waals surface area (Å²) < 4.78 is 5.27. The van der Waals surface area contributed by atoms with Crippen molar-refractivity contribution in [2.45, 2.75) is 71.1 Å². The Morgan fingerprint density at radius 2 is 1.65 bits per heavy atom. The molecule has 2 rings (SSSR count). The Kier molecular flexibility index (Phi) is 5.90. The first-order chi connectivity index (χ1) is 9.73. The molecule has 0 atom stereocenters. The third-order valence-corrected chi connectivity index (χ3v) is 5.90. The molecule has 0 aromatic heterocycles. The second kappa shape index (κ2) is 7.46. The average Bonchev–Trinajstić information content (AvgIpc) is 2.50. The predicted octanol–water partition coefficient (Wildman–Crippen LogP) is 4.94. The van der Waals surface area contributed by atoms with Gasteiger partial charge in [0.25, 0.3) is 0 Å². The van der Waals surface area contributed by atoms with E-state index in [-0.39, 0.29) is 5.41 Å². The van der Waals surface area contributed by atoms with Crippen LogP contribution < -0.4 is 0 Å². The smallest absolute Gasteiger partial charge is 0.0807 e. The first-order valence-corrected chi connectivity index (χ1v) is 8.63. The third kappa shape index (κ3) is 3.76. The van der Waals surface area contributed by atoms with Crippen LogP contribution in [-0.2, 0) is 4.74 Å². The highest BCUT2D eigenvalue weighted by molar-refractivity contribution is 5.02. The van der Waals surface area contributed by atoms with Gasteiger partial charge in [-0.05, 0) is 56.3 Å². The fourth-order valence-electron chi connectivity index (χ4n) is 4.59. The molecule has 0 saturated heterocycles. The van der Waals surface area contributed by atoms with Gasteiger partial charge in [-0.25, -0.2) is 0 Å². The van der Waals surface area contributed by atoms with Crippen LogP contribution >= 0.6 is 0 Å². The van der Waals surface area contributed by atoms with E-state index in [4.69, 9.17) is 4.74 Å². The number of nitriles is 1. The van der Waals surface area contributed by atoms with Gasteiger partial charge in [-0.3, -0.25) is 0 Å². The van der Waals surface area contributed by atoms with Crippen molar-refractivity contribution in [3.8, 4) is 6.07 Å². The molecule has 0 heterocycles. The van der Waals surface area contributed by atoms with E-state index < -0.39 is 0 Å². The van der Waals surface area contributed by atoms with E-state index in [0.717, 1.165) is 30.6 Å². The van der Waals surface area contributed by atoms with Gasteiger partial charge in [0.1, 0.15) is 0 Å². The van der Waals surface area contributed by atoms with Gasteiger partial charge in [0.05, 0.1) is 18.1 Å². The molecule has 2 heteroatoms. The van der Waals surface area contributed by atoms with E-state index in [2.05, 4.69) is 13.0 Å². The summed E-state index contributed by atoms with van der Waals surface area (Å²) in [5, 5.41) is 9.43. The largest absolute Gasteiger partial charge is 0.383 e. The Balaban J connectivity index is 1.79. The summed E-state index contributed by atoms with van der Waals surface area (Å²) >= 11 is 0. The molecule has 2 nitrogen and oxygen atoms in total. The molecule has 2 fully saturated rings. The summed E-state index contributed by atoms with van der Waals surface area (Å²) in [6, 6.07) is 2.54. The lowest BCUT2D eigenvalue weighted by atomic mass is 9.65. The molecular weight excluding hydrogens is 246 g/mol. The van der Waals surface area contributed by atoms with Crippen LogP contribution in [0.15, 0.2) is 0 Å². The van der Waals surface area contributed by atoms with Crippen molar-refractivity contribution in [3.63, 3.8) is 0 Å². The van der Waals surface area contributed by atoms with Gasteiger partial charge in [0.15, 0.2) is 0 Å². The molecule has 0 amide bonds. The summed E-state index contributed by atoms with van der Waals surface area (Å²) in [5.74, 6) is 2.84. The fraction of sp³-hybridized carbons (Fsp3) is 0.944. The molecule has 0 aliphatic heterocycles. The molecule has 0 bridgehead atoms. The van der Waals surface area contributed by atoms with Crippen molar-refractivity contribution in [2.24, 2.45) is 23.2 Å². The Morgan fingerprint density at radius 1 is 1.05 bits per heavy atom. The molecule has 0 spiro atoms. The highest BCUT2D eigenvalue weighted by Gasteiger charge is 2.38. The Labute approximate surface area is 124 Å². The van der Waals surface area contributed by atoms with E-state index in [1.165, 1.54) is 51.4 Å². The zero-order chi connectivity index (χ0) is 14.4. The summed E-state index contributed by atoms with van der Waals surface area (Å²) in [5.41, 5.74) is -0.176. The molecule has 114 valence electrons. The first kappa shape index (κ1) is 15.8. The summed E-state index contributed by atoms with van der Waals surface area (Å²) in [6.07, 6.45) is 13.2. The Morgan fingerprint density at radius 3 is 2.15 bits per heavy atom. The van der Waals surface area contributed by atoms with Crippen LogP contribution in [-0.4, -0.2) is 13.7 Å². The summed E-state index contributed by atoms with van der Waals surface area (Å²) in [4.78, 5) is 0. The molecule has 0 N–H and O–H groups in total. The van der Waals surface area contributed by atoms with Crippen LogP contribution in [0, 0.1) is 34.5 Å². The SMILES string of the molecule is CCCC1CCC([C@H]2CC[C@](C#N)(COC)CC2)CC1. The molecule has 2 saturated carbocycles. The number of nitrogens with zero attached hydrogens (tertiary/aromatic N) is 1. The first-order valence-electron chi connectivity index (χ1n) is 8.63. The number of rotatable bonds is 5. The third-order valence-electron chi connectivity index (χ3n) is 5.90. The van der Waals surface area contributed by atoms with Crippen LogP contribution in [0.2, 0.25) is 0 Å². The van der Waals surface area contributed by atoms with Gasteiger partial charge >= 0.3 is 0 Å². The van der Waals surface area contributed by atoms with Crippen molar-refractivity contribution in [1.82, 2.24) is 0 Å². The number of ether oxygens (including phenoxy) is 1. The van der Waals surface area contributed by atoms with Crippen LogP contribution in [0.25, 0.3) is 0 Å². The van der Waals surface area contributed by atoms with Gasteiger partial charge in [0.2, 0.25) is 0 Å². The molecule has 0 unspecified atom stereocenters. The zero-order valence-electron chi connectivity index (χ0n) is 13.4. The quantitative estimate of drug-likeness (QED) is 0.713. The Bertz CT molecular complexity index is 317. The van der Waals surface area contributed by atoms with Crippen LogP contribution in [0.5, 0.6) is 0 Å². The molecular formula is C18H31NO. The number of hydrogen-bond donors (Lipinski definition) is 0. The van der Waals surface area contributed by atoms with Crippen molar-refractivity contribution < 1.29 is 4.74 Å². The van der Waals surface area contributed by atoms with Crippen molar-refractivity contribution in [2.75, 3.05) is 13.7 Å².